The van der Waals surface area contributed by atoms with Crippen LogP contribution < -0.4 is 0 Å². The third-order valence-corrected chi connectivity index (χ3v) is 14.1. The van der Waals surface area contributed by atoms with Crippen molar-refractivity contribution in [1.82, 2.24) is 0 Å². The Hall–Kier alpha value is -2.37. The fourth-order valence-corrected chi connectivity index (χ4v) is 9.31. The highest BCUT2D eigenvalue weighted by atomic mass is 16.6. The number of allylic oxidation sites excluding steroid dienone is 6. The minimum absolute atomic E-state index is 0.0749. The number of hydrogen-bond acceptors (Lipinski definition) is 6. The van der Waals surface area contributed by atoms with Crippen LogP contribution in [0.3, 0.4) is 0 Å². The summed E-state index contributed by atoms with van der Waals surface area (Å²) in [5.41, 5.74) is 0. The van der Waals surface area contributed by atoms with Crippen molar-refractivity contribution in [2.45, 2.75) is 348 Å². The minimum Gasteiger partial charge on any atom is -0.462 e. The van der Waals surface area contributed by atoms with Crippen LogP contribution in [0.1, 0.15) is 342 Å². The summed E-state index contributed by atoms with van der Waals surface area (Å²) in [7, 11) is 0. The molecule has 0 aromatic heterocycles. The normalized spacial score (nSPS) is 12.2. The van der Waals surface area contributed by atoms with Crippen molar-refractivity contribution in [3.63, 3.8) is 0 Å². The van der Waals surface area contributed by atoms with Crippen molar-refractivity contribution in [1.29, 1.82) is 0 Å². The van der Waals surface area contributed by atoms with E-state index >= 15 is 0 Å². The molecule has 6 nitrogen and oxygen atoms in total. The second-order valence-electron chi connectivity index (χ2n) is 21.3. The molecule has 0 aliphatic carbocycles. The van der Waals surface area contributed by atoms with Gasteiger partial charge in [-0.25, -0.2) is 0 Å². The smallest absolute Gasteiger partial charge is 0.306 e. The molecule has 0 aliphatic heterocycles. The molecule has 0 aliphatic rings. The monoisotopic (exact) mass is 997 g/mol. The Bertz CT molecular complexity index is 1190. The van der Waals surface area contributed by atoms with Gasteiger partial charge in [-0.3, -0.25) is 14.4 Å². The van der Waals surface area contributed by atoms with Crippen LogP contribution in [0.5, 0.6) is 0 Å². The summed E-state index contributed by atoms with van der Waals surface area (Å²) in [4.78, 5) is 38.3. The number of carbonyl (C=O) groups is 3. The third-order valence-electron chi connectivity index (χ3n) is 14.1. The molecule has 0 saturated carbocycles. The van der Waals surface area contributed by atoms with E-state index in [0.29, 0.717) is 19.3 Å². The van der Waals surface area contributed by atoms with E-state index < -0.39 is 6.10 Å². The van der Waals surface area contributed by atoms with Gasteiger partial charge >= 0.3 is 17.9 Å². The highest BCUT2D eigenvalue weighted by Gasteiger charge is 2.19. The van der Waals surface area contributed by atoms with Gasteiger partial charge in [-0.15, -0.1) is 0 Å². The Kier molecular flexibility index (Phi) is 58.2. The molecule has 416 valence electrons. The van der Waals surface area contributed by atoms with E-state index in [0.717, 1.165) is 64.2 Å². The molecule has 0 bridgehead atoms. The topological polar surface area (TPSA) is 78.9 Å². The lowest BCUT2D eigenvalue weighted by atomic mass is 10.1. The van der Waals surface area contributed by atoms with E-state index in [9.17, 15) is 14.4 Å². The first-order chi connectivity index (χ1) is 35.0. The van der Waals surface area contributed by atoms with Crippen LogP contribution in [-0.4, -0.2) is 37.2 Å². The van der Waals surface area contributed by atoms with Gasteiger partial charge < -0.3 is 14.2 Å². The van der Waals surface area contributed by atoms with Gasteiger partial charge in [0.15, 0.2) is 6.10 Å². The molecular formula is C65H120O6. The summed E-state index contributed by atoms with van der Waals surface area (Å²) in [6.45, 7) is 6.67. The first-order valence-corrected chi connectivity index (χ1v) is 31.5. The van der Waals surface area contributed by atoms with E-state index in [2.05, 4.69) is 57.2 Å². The number of esters is 3. The Morgan fingerprint density at radius 3 is 0.704 bits per heavy atom. The van der Waals surface area contributed by atoms with Crippen LogP contribution in [0, 0.1) is 0 Å². The summed E-state index contributed by atoms with van der Waals surface area (Å²) in [5, 5.41) is 0. The van der Waals surface area contributed by atoms with E-state index in [1.807, 2.05) is 0 Å². The van der Waals surface area contributed by atoms with Crippen LogP contribution in [0.2, 0.25) is 0 Å². The summed E-state index contributed by atoms with van der Waals surface area (Å²) >= 11 is 0. The summed E-state index contributed by atoms with van der Waals surface area (Å²) in [5.74, 6) is -0.870. The van der Waals surface area contributed by atoms with Gasteiger partial charge in [0.25, 0.3) is 0 Å². The summed E-state index contributed by atoms with van der Waals surface area (Å²) < 4.78 is 16.9. The van der Waals surface area contributed by atoms with Crippen LogP contribution in [0.15, 0.2) is 36.5 Å². The number of carbonyl (C=O) groups excluding carboxylic acids is 3. The molecule has 1 atom stereocenters. The molecule has 0 aromatic carbocycles. The fraction of sp³-hybridized carbons (Fsp3) is 0.862. The summed E-state index contributed by atoms with van der Waals surface area (Å²) in [6.07, 6.45) is 72.8. The van der Waals surface area contributed by atoms with Crippen molar-refractivity contribution in [3.8, 4) is 0 Å². The van der Waals surface area contributed by atoms with Gasteiger partial charge in [0, 0.05) is 19.3 Å². The molecule has 0 fully saturated rings. The van der Waals surface area contributed by atoms with E-state index in [1.165, 1.54) is 238 Å². The summed E-state index contributed by atoms with van der Waals surface area (Å²) in [6, 6.07) is 0. The molecule has 0 spiro atoms. The third kappa shape index (κ3) is 58.4. The zero-order valence-electron chi connectivity index (χ0n) is 47.8. The first-order valence-electron chi connectivity index (χ1n) is 31.5. The second kappa shape index (κ2) is 60.2. The molecule has 0 heterocycles. The lowest BCUT2D eigenvalue weighted by molar-refractivity contribution is -0.167. The Labute approximate surface area is 442 Å². The van der Waals surface area contributed by atoms with Crippen LogP contribution >= 0.6 is 0 Å². The maximum absolute atomic E-state index is 12.9. The second-order valence-corrected chi connectivity index (χ2v) is 21.3. The Morgan fingerprint density at radius 2 is 0.465 bits per heavy atom. The van der Waals surface area contributed by atoms with Crippen molar-refractivity contribution in [3.05, 3.63) is 36.5 Å². The zero-order chi connectivity index (χ0) is 51.4. The number of ether oxygens (including phenoxy) is 3. The molecule has 6 heteroatoms. The Morgan fingerprint density at radius 1 is 0.268 bits per heavy atom. The molecule has 1 unspecified atom stereocenters. The first kappa shape index (κ1) is 68.6. The van der Waals surface area contributed by atoms with Gasteiger partial charge in [0.1, 0.15) is 13.2 Å². The molecule has 0 saturated heterocycles. The lowest BCUT2D eigenvalue weighted by Gasteiger charge is -2.18. The minimum atomic E-state index is -0.778. The molecule has 0 amide bonds. The zero-order valence-corrected chi connectivity index (χ0v) is 47.8. The van der Waals surface area contributed by atoms with Crippen molar-refractivity contribution < 1.29 is 28.6 Å². The highest BCUT2D eigenvalue weighted by molar-refractivity contribution is 5.71. The molecule has 0 aromatic rings. The average molecular weight is 998 g/mol. The highest BCUT2D eigenvalue weighted by Crippen LogP contribution is 2.16. The number of rotatable bonds is 58. The molecule has 0 N–H and O–H groups in total. The van der Waals surface area contributed by atoms with E-state index in [4.69, 9.17) is 14.2 Å². The van der Waals surface area contributed by atoms with E-state index in [1.54, 1.807) is 0 Å². The lowest BCUT2D eigenvalue weighted by Crippen LogP contribution is -2.30. The predicted molar refractivity (Wildman–Crippen MR) is 307 cm³/mol. The van der Waals surface area contributed by atoms with Crippen molar-refractivity contribution in [2.75, 3.05) is 13.2 Å². The van der Waals surface area contributed by atoms with Crippen molar-refractivity contribution in [2.24, 2.45) is 0 Å². The maximum atomic E-state index is 12.9. The molecule has 71 heavy (non-hydrogen) atoms. The predicted octanol–water partition coefficient (Wildman–Crippen LogP) is 21.2. The Balaban J connectivity index is 4.33. The SMILES string of the molecule is CCCCCCCC/C=C\CCCCCCCCCC(=O)OC(COC(=O)CCCCCCC/C=C\CCCCCCCC)COC(=O)CCCCCCCCCCC/C=C\CCCCCCCCCC. The van der Waals surface area contributed by atoms with Crippen LogP contribution in [0.4, 0.5) is 0 Å². The van der Waals surface area contributed by atoms with Crippen LogP contribution in [-0.2, 0) is 28.6 Å². The van der Waals surface area contributed by atoms with Gasteiger partial charge in [-0.1, -0.05) is 263 Å². The van der Waals surface area contributed by atoms with Gasteiger partial charge in [-0.2, -0.15) is 0 Å². The largest absolute Gasteiger partial charge is 0.462 e. The van der Waals surface area contributed by atoms with Gasteiger partial charge in [0.2, 0.25) is 0 Å². The number of hydrogen-bond donors (Lipinski definition) is 0. The molecule has 0 radical (unpaired) electrons. The van der Waals surface area contributed by atoms with Gasteiger partial charge in [0.05, 0.1) is 0 Å². The average Bonchev–Trinajstić information content (AvgIpc) is 3.37. The quantitative estimate of drug-likeness (QED) is 0.0261. The standard InChI is InChI=1S/C65H120O6/c1-4-7-10-13-16-19-22-25-28-30-31-32-33-35-37-40-43-46-49-52-55-58-64(67)70-61-62(60-69-63(66)57-54-51-48-45-42-39-36-27-24-21-18-15-12-9-6-3)71-65(68)59-56-53-50-47-44-41-38-34-29-26-23-20-17-14-11-8-5-2/h26-27,29-31,36,62H,4-25,28,32-35,37-61H2,1-3H3/b29-26-,31-30-,36-27-. The number of unbranched alkanes of at least 4 members (excludes halogenated alkanes) is 41. The van der Waals surface area contributed by atoms with Gasteiger partial charge in [-0.05, 0) is 96.3 Å². The van der Waals surface area contributed by atoms with E-state index in [-0.39, 0.29) is 31.1 Å². The van der Waals surface area contributed by atoms with Crippen LogP contribution in [0.25, 0.3) is 0 Å². The molecular weight excluding hydrogens is 877 g/mol. The van der Waals surface area contributed by atoms with Crippen molar-refractivity contribution >= 4 is 17.9 Å². The maximum Gasteiger partial charge on any atom is 0.306 e. The fourth-order valence-electron chi connectivity index (χ4n) is 9.31. The molecule has 0 rings (SSSR count).